The molecule has 130 valence electrons. The third-order valence-electron chi connectivity index (χ3n) is 3.71. The molecule has 24 heavy (non-hydrogen) atoms. The van der Waals surface area contributed by atoms with E-state index in [2.05, 4.69) is 20.7 Å². The molecule has 0 saturated carbocycles. The molecular formula is C18H21BrO5. The normalized spacial score (nSPS) is 13.3. The van der Waals surface area contributed by atoms with E-state index < -0.39 is 17.4 Å². The van der Waals surface area contributed by atoms with Gasteiger partial charge in [-0.1, -0.05) is 40.2 Å². The zero-order valence-electron chi connectivity index (χ0n) is 14.0. The Balaban J connectivity index is 3.23. The van der Waals surface area contributed by atoms with Crippen LogP contribution >= 0.6 is 15.9 Å². The molecule has 1 atom stereocenters. The molecule has 0 fully saturated rings. The minimum Gasteiger partial charge on any atom is -0.466 e. The van der Waals surface area contributed by atoms with E-state index >= 15 is 0 Å². The summed E-state index contributed by atoms with van der Waals surface area (Å²) in [6, 6.07) is 7.37. The monoisotopic (exact) mass is 396 g/mol. The van der Waals surface area contributed by atoms with Crippen molar-refractivity contribution in [2.75, 3.05) is 13.7 Å². The van der Waals surface area contributed by atoms with Gasteiger partial charge in [-0.3, -0.25) is 9.59 Å². The molecule has 0 aliphatic carbocycles. The molecule has 1 aromatic rings. The summed E-state index contributed by atoms with van der Waals surface area (Å²) in [5.74, 6) is -1.45. The molecule has 0 N–H and O–H groups in total. The van der Waals surface area contributed by atoms with Gasteiger partial charge < -0.3 is 9.47 Å². The molecule has 0 aliphatic rings. The second-order valence-electron chi connectivity index (χ2n) is 5.26. The van der Waals surface area contributed by atoms with Gasteiger partial charge in [-0.25, -0.2) is 4.79 Å². The first-order valence-corrected chi connectivity index (χ1v) is 8.32. The summed E-state index contributed by atoms with van der Waals surface area (Å²) in [5, 5.41) is 0. The van der Waals surface area contributed by atoms with Crippen molar-refractivity contribution in [3.8, 4) is 0 Å². The van der Waals surface area contributed by atoms with Crippen LogP contribution in [0.3, 0.4) is 0 Å². The van der Waals surface area contributed by atoms with Crippen molar-refractivity contribution in [3.05, 3.63) is 46.5 Å². The quantitative estimate of drug-likeness (QED) is 0.383. The van der Waals surface area contributed by atoms with E-state index in [1.54, 1.807) is 6.92 Å². The summed E-state index contributed by atoms with van der Waals surface area (Å²) < 4.78 is 10.5. The Morgan fingerprint density at radius 1 is 1.25 bits per heavy atom. The summed E-state index contributed by atoms with van der Waals surface area (Å²) in [5.41, 5.74) is -0.572. The number of benzene rings is 1. The maximum absolute atomic E-state index is 12.6. The maximum atomic E-state index is 12.6. The van der Waals surface area contributed by atoms with Crippen LogP contribution in [-0.4, -0.2) is 31.4 Å². The van der Waals surface area contributed by atoms with E-state index in [-0.39, 0.29) is 25.2 Å². The van der Waals surface area contributed by atoms with E-state index in [9.17, 15) is 14.4 Å². The summed E-state index contributed by atoms with van der Waals surface area (Å²) in [4.78, 5) is 36.2. The van der Waals surface area contributed by atoms with Crippen LogP contribution in [0.2, 0.25) is 0 Å². The molecular weight excluding hydrogens is 376 g/mol. The molecule has 0 aromatic heterocycles. The van der Waals surface area contributed by atoms with Crippen molar-refractivity contribution in [3.63, 3.8) is 0 Å². The maximum Gasteiger partial charge on any atom is 0.330 e. The van der Waals surface area contributed by atoms with E-state index in [1.807, 2.05) is 24.3 Å². The minimum absolute atomic E-state index is 0.0532. The molecule has 0 spiro atoms. The van der Waals surface area contributed by atoms with Crippen molar-refractivity contribution >= 4 is 33.7 Å². The van der Waals surface area contributed by atoms with Crippen LogP contribution in [0, 0.1) is 5.41 Å². The molecule has 5 nitrogen and oxygen atoms in total. The van der Waals surface area contributed by atoms with E-state index in [4.69, 9.17) is 4.74 Å². The van der Waals surface area contributed by atoms with Gasteiger partial charge in [0.05, 0.1) is 13.7 Å². The number of carbonyl (C=O) groups is 3. The lowest BCUT2D eigenvalue weighted by Gasteiger charge is -2.28. The van der Waals surface area contributed by atoms with Crippen LogP contribution in [0.25, 0.3) is 0 Å². The van der Waals surface area contributed by atoms with Gasteiger partial charge in [0.15, 0.2) is 0 Å². The Hall–Kier alpha value is -1.95. The third-order valence-corrected chi connectivity index (χ3v) is 4.49. The highest BCUT2D eigenvalue weighted by Gasteiger charge is 2.44. The Kier molecular flexibility index (Phi) is 7.85. The molecule has 1 rings (SSSR count). The summed E-state index contributed by atoms with van der Waals surface area (Å²) in [6.45, 7) is 3.22. The van der Waals surface area contributed by atoms with Gasteiger partial charge in [-0.15, -0.1) is 0 Å². The van der Waals surface area contributed by atoms with E-state index in [0.29, 0.717) is 0 Å². The molecule has 1 aromatic carbocycles. The van der Waals surface area contributed by atoms with Gasteiger partial charge in [-0.05, 0) is 38.3 Å². The largest absolute Gasteiger partial charge is 0.466 e. The van der Waals surface area contributed by atoms with Gasteiger partial charge in [0.25, 0.3) is 0 Å². The number of methoxy groups -OCH3 is 1. The fraction of sp³-hybridized carbons (Fsp3) is 0.389. The van der Waals surface area contributed by atoms with Crippen LogP contribution in [0.1, 0.15) is 25.8 Å². The number of hydrogen-bond donors (Lipinski definition) is 0. The van der Waals surface area contributed by atoms with Crippen molar-refractivity contribution < 1.29 is 23.9 Å². The van der Waals surface area contributed by atoms with Crippen LogP contribution in [0.15, 0.2) is 40.9 Å². The van der Waals surface area contributed by atoms with Crippen molar-refractivity contribution in [2.45, 2.75) is 26.7 Å². The zero-order chi connectivity index (χ0) is 18.2. The molecule has 0 aliphatic heterocycles. The Morgan fingerprint density at radius 2 is 1.92 bits per heavy atom. The zero-order valence-corrected chi connectivity index (χ0v) is 15.6. The molecule has 0 saturated heterocycles. The number of carbonyl (C=O) groups excluding carboxylic acids is 3. The number of hydrogen-bond acceptors (Lipinski definition) is 5. The van der Waals surface area contributed by atoms with Gasteiger partial charge in [0.2, 0.25) is 0 Å². The van der Waals surface area contributed by atoms with Crippen LogP contribution < -0.4 is 0 Å². The Labute approximate surface area is 150 Å². The van der Waals surface area contributed by atoms with Crippen LogP contribution in [0.5, 0.6) is 0 Å². The van der Waals surface area contributed by atoms with E-state index in [0.717, 1.165) is 10.0 Å². The van der Waals surface area contributed by atoms with Crippen LogP contribution in [-0.2, 0) is 30.3 Å². The average molecular weight is 397 g/mol. The lowest BCUT2D eigenvalue weighted by molar-refractivity contribution is -0.159. The van der Waals surface area contributed by atoms with E-state index in [1.165, 1.54) is 26.2 Å². The Bertz CT molecular complexity index is 638. The summed E-state index contributed by atoms with van der Waals surface area (Å²) in [6.07, 6.45) is 2.91. The number of esters is 2. The molecule has 6 heteroatoms. The number of ether oxygens (including phenoxy) is 2. The number of ketones is 1. The van der Waals surface area contributed by atoms with Crippen molar-refractivity contribution in [1.29, 1.82) is 0 Å². The van der Waals surface area contributed by atoms with Gasteiger partial charge in [0.1, 0.15) is 11.2 Å². The first-order valence-electron chi connectivity index (χ1n) is 7.53. The Morgan fingerprint density at radius 3 is 2.46 bits per heavy atom. The molecule has 0 amide bonds. The first-order chi connectivity index (χ1) is 11.4. The average Bonchev–Trinajstić information content (AvgIpc) is 2.55. The highest BCUT2D eigenvalue weighted by atomic mass is 79.9. The number of allylic oxidation sites excluding steroid dienone is 1. The topological polar surface area (TPSA) is 69.7 Å². The smallest absolute Gasteiger partial charge is 0.330 e. The fourth-order valence-electron chi connectivity index (χ4n) is 2.30. The molecule has 0 bridgehead atoms. The van der Waals surface area contributed by atoms with Gasteiger partial charge in [-0.2, -0.15) is 0 Å². The molecule has 0 heterocycles. The second-order valence-corrected chi connectivity index (χ2v) is 6.11. The van der Waals surface area contributed by atoms with Gasteiger partial charge >= 0.3 is 11.9 Å². The highest BCUT2D eigenvalue weighted by Crippen LogP contribution is 2.33. The van der Waals surface area contributed by atoms with Crippen molar-refractivity contribution in [1.82, 2.24) is 0 Å². The fourth-order valence-corrected chi connectivity index (χ4v) is 2.73. The highest BCUT2D eigenvalue weighted by molar-refractivity contribution is 9.10. The van der Waals surface area contributed by atoms with Crippen LogP contribution in [0.4, 0.5) is 0 Å². The third kappa shape index (κ3) is 5.03. The van der Waals surface area contributed by atoms with Gasteiger partial charge in [0, 0.05) is 10.5 Å². The number of Topliss-reactive ketones (excluding diaryl/α,β-unsaturated/α-hetero) is 1. The minimum atomic E-state index is -1.38. The summed E-state index contributed by atoms with van der Waals surface area (Å²) in [7, 11) is 1.26. The summed E-state index contributed by atoms with van der Waals surface area (Å²) >= 11 is 3.43. The predicted octanol–water partition coefficient (Wildman–Crippen LogP) is 3.25. The SMILES string of the molecule is CCOC(=O)C(C/C=C\C(=O)OC)(Cc1ccccc1Br)C(C)=O. The standard InChI is InChI=1S/C18H21BrO5/c1-4-24-17(22)18(13(2)20,11-7-10-16(21)23-3)12-14-8-5-6-9-15(14)19/h5-10H,4,11-12H2,1-3H3/b10-7-. The van der Waals surface area contributed by atoms with Crippen molar-refractivity contribution in [2.24, 2.45) is 5.41 Å². The number of halogens is 1. The lowest BCUT2D eigenvalue weighted by Crippen LogP contribution is -2.41. The predicted molar refractivity (Wildman–Crippen MR) is 93.4 cm³/mol. The molecule has 0 radical (unpaired) electrons. The molecule has 1 unspecified atom stereocenters. The lowest BCUT2D eigenvalue weighted by atomic mass is 9.75. The first kappa shape index (κ1) is 20.1. The second kappa shape index (κ2) is 9.37. The number of rotatable bonds is 8.